The summed E-state index contributed by atoms with van der Waals surface area (Å²) in [7, 11) is 0. The molecular formula is C8H6BrFN2O2. The molecular weight excluding hydrogens is 255 g/mol. The summed E-state index contributed by atoms with van der Waals surface area (Å²) in [6.07, 6.45) is 0.681. The fourth-order valence-corrected chi connectivity index (χ4v) is 0.974. The Morgan fingerprint density at radius 2 is 2.36 bits per heavy atom. The number of nitrogens with one attached hydrogen (secondary N) is 1. The second kappa shape index (κ2) is 4.71. The Balaban J connectivity index is 2.69. The molecule has 0 unspecified atom stereocenters. The highest BCUT2D eigenvalue weighted by Gasteiger charge is 1.98. The Hall–Kier alpha value is -1.43. The van der Waals surface area contributed by atoms with Crippen molar-refractivity contribution in [3.63, 3.8) is 0 Å². The number of aliphatic carboxylic acids is 1. The first-order valence-corrected chi connectivity index (χ1v) is 4.36. The molecule has 0 heterocycles. The SMILES string of the molecule is O=C(O)/C=N/Nc1ccc(Br)c(F)c1. The molecule has 1 aromatic carbocycles. The summed E-state index contributed by atoms with van der Waals surface area (Å²) in [5.41, 5.74) is 2.75. The Morgan fingerprint density at radius 1 is 1.64 bits per heavy atom. The summed E-state index contributed by atoms with van der Waals surface area (Å²) >= 11 is 2.99. The van der Waals surface area contributed by atoms with Gasteiger partial charge in [0.25, 0.3) is 0 Å². The van der Waals surface area contributed by atoms with E-state index in [2.05, 4.69) is 26.5 Å². The number of hydrogen-bond donors (Lipinski definition) is 2. The number of nitrogens with zero attached hydrogens (tertiary/aromatic N) is 1. The number of rotatable bonds is 3. The van der Waals surface area contributed by atoms with E-state index in [0.717, 1.165) is 0 Å². The van der Waals surface area contributed by atoms with Gasteiger partial charge in [0.1, 0.15) is 12.0 Å². The van der Waals surface area contributed by atoms with Gasteiger partial charge in [-0.2, -0.15) is 5.10 Å². The van der Waals surface area contributed by atoms with E-state index < -0.39 is 11.8 Å². The summed E-state index contributed by atoms with van der Waals surface area (Å²) < 4.78 is 13.2. The van der Waals surface area contributed by atoms with Gasteiger partial charge in [-0.15, -0.1) is 0 Å². The van der Waals surface area contributed by atoms with Gasteiger partial charge in [-0.3, -0.25) is 5.43 Å². The number of carboxylic acid groups (broad SMARTS) is 1. The largest absolute Gasteiger partial charge is 0.477 e. The van der Waals surface area contributed by atoms with Crippen LogP contribution in [0.3, 0.4) is 0 Å². The Bertz CT molecular complexity index is 382. The van der Waals surface area contributed by atoms with Crippen molar-refractivity contribution >= 4 is 33.8 Å². The van der Waals surface area contributed by atoms with Crippen LogP contribution in [0.5, 0.6) is 0 Å². The van der Waals surface area contributed by atoms with E-state index in [1.54, 1.807) is 6.07 Å². The summed E-state index contributed by atoms with van der Waals surface area (Å²) in [6.45, 7) is 0. The number of carbonyl (C=O) groups is 1. The minimum Gasteiger partial charge on any atom is -0.477 e. The van der Waals surface area contributed by atoms with Crippen molar-refractivity contribution in [2.75, 3.05) is 5.43 Å². The van der Waals surface area contributed by atoms with Gasteiger partial charge in [-0.25, -0.2) is 9.18 Å². The molecule has 0 atom stereocenters. The Morgan fingerprint density at radius 3 is 2.93 bits per heavy atom. The molecule has 0 saturated carbocycles. The van der Waals surface area contributed by atoms with Crippen LogP contribution < -0.4 is 5.43 Å². The van der Waals surface area contributed by atoms with Crippen molar-refractivity contribution in [3.8, 4) is 0 Å². The molecule has 0 aliphatic rings. The van der Waals surface area contributed by atoms with Crippen molar-refractivity contribution in [1.29, 1.82) is 0 Å². The summed E-state index contributed by atoms with van der Waals surface area (Å²) in [4.78, 5) is 10.0. The summed E-state index contributed by atoms with van der Waals surface area (Å²) in [6, 6.07) is 4.25. The summed E-state index contributed by atoms with van der Waals surface area (Å²) in [5, 5.41) is 11.6. The van der Waals surface area contributed by atoms with Crippen LogP contribution in [-0.4, -0.2) is 17.3 Å². The molecule has 0 fully saturated rings. The maximum atomic E-state index is 12.9. The van der Waals surface area contributed by atoms with E-state index in [0.29, 0.717) is 16.4 Å². The van der Waals surface area contributed by atoms with E-state index >= 15 is 0 Å². The Labute approximate surface area is 87.6 Å². The molecule has 1 aromatic rings. The quantitative estimate of drug-likeness (QED) is 0.646. The highest BCUT2D eigenvalue weighted by atomic mass is 79.9. The van der Waals surface area contributed by atoms with Crippen LogP contribution >= 0.6 is 15.9 Å². The third kappa shape index (κ3) is 3.14. The lowest BCUT2D eigenvalue weighted by atomic mass is 10.3. The fraction of sp³-hybridized carbons (Fsp3) is 0. The smallest absolute Gasteiger partial charge is 0.348 e. The third-order valence-electron chi connectivity index (χ3n) is 1.29. The van der Waals surface area contributed by atoms with Crippen LogP contribution in [0.15, 0.2) is 27.8 Å². The Kier molecular flexibility index (Phi) is 3.58. The molecule has 0 radical (unpaired) electrons. The summed E-state index contributed by atoms with van der Waals surface area (Å²) in [5.74, 6) is -1.62. The average molecular weight is 261 g/mol. The van der Waals surface area contributed by atoms with Gasteiger partial charge in [-0.1, -0.05) is 0 Å². The minimum absolute atomic E-state index is 0.338. The van der Waals surface area contributed by atoms with Crippen LogP contribution in [0.1, 0.15) is 0 Å². The molecule has 4 nitrogen and oxygen atoms in total. The first-order chi connectivity index (χ1) is 6.59. The predicted molar refractivity (Wildman–Crippen MR) is 53.9 cm³/mol. The van der Waals surface area contributed by atoms with Crippen molar-refractivity contribution in [2.24, 2.45) is 5.10 Å². The second-order valence-corrected chi connectivity index (χ2v) is 3.19. The number of benzene rings is 1. The van der Waals surface area contributed by atoms with Crippen LogP contribution in [0.2, 0.25) is 0 Å². The van der Waals surface area contributed by atoms with Crippen molar-refractivity contribution < 1.29 is 14.3 Å². The predicted octanol–water partition coefficient (Wildman–Crippen LogP) is 2.07. The number of hydrogen-bond acceptors (Lipinski definition) is 3. The van der Waals surface area contributed by atoms with Crippen LogP contribution in [-0.2, 0) is 4.79 Å². The molecule has 0 aliphatic carbocycles. The van der Waals surface area contributed by atoms with Crippen LogP contribution in [0.4, 0.5) is 10.1 Å². The molecule has 0 spiro atoms. The topological polar surface area (TPSA) is 61.7 Å². The molecule has 1 rings (SSSR count). The molecule has 0 aliphatic heterocycles. The van der Waals surface area contributed by atoms with Gasteiger partial charge in [0.15, 0.2) is 0 Å². The van der Waals surface area contributed by atoms with E-state index in [-0.39, 0.29) is 0 Å². The molecule has 74 valence electrons. The van der Waals surface area contributed by atoms with Gasteiger partial charge in [0, 0.05) is 6.07 Å². The van der Waals surface area contributed by atoms with Crippen LogP contribution in [0.25, 0.3) is 0 Å². The molecule has 6 heteroatoms. The van der Waals surface area contributed by atoms with Gasteiger partial charge in [-0.05, 0) is 28.1 Å². The average Bonchev–Trinajstić information content (AvgIpc) is 2.10. The highest BCUT2D eigenvalue weighted by Crippen LogP contribution is 2.18. The van der Waals surface area contributed by atoms with Gasteiger partial charge < -0.3 is 5.11 Å². The first kappa shape index (κ1) is 10.6. The van der Waals surface area contributed by atoms with Crippen LogP contribution in [0, 0.1) is 5.82 Å². The first-order valence-electron chi connectivity index (χ1n) is 3.56. The molecule has 14 heavy (non-hydrogen) atoms. The third-order valence-corrected chi connectivity index (χ3v) is 1.93. The maximum absolute atomic E-state index is 12.9. The lowest BCUT2D eigenvalue weighted by Crippen LogP contribution is -1.98. The zero-order valence-electron chi connectivity index (χ0n) is 6.87. The van der Waals surface area contributed by atoms with Crippen molar-refractivity contribution in [2.45, 2.75) is 0 Å². The van der Waals surface area contributed by atoms with Crippen molar-refractivity contribution in [1.82, 2.24) is 0 Å². The number of carboxylic acids is 1. The maximum Gasteiger partial charge on any atom is 0.348 e. The molecule has 2 N–H and O–H groups in total. The molecule has 0 saturated heterocycles. The lowest BCUT2D eigenvalue weighted by molar-refractivity contribution is -0.128. The minimum atomic E-state index is -1.17. The standard InChI is InChI=1S/C8H6BrFN2O2/c9-6-2-1-5(3-7(6)10)12-11-4-8(13)14/h1-4,12H,(H,13,14)/b11-4+. The van der Waals surface area contributed by atoms with E-state index in [1.165, 1.54) is 12.1 Å². The molecule has 0 aromatic heterocycles. The number of halogens is 2. The zero-order chi connectivity index (χ0) is 10.6. The zero-order valence-corrected chi connectivity index (χ0v) is 8.45. The number of hydrazone groups is 1. The van der Waals surface area contributed by atoms with E-state index in [4.69, 9.17) is 5.11 Å². The molecule has 0 bridgehead atoms. The highest BCUT2D eigenvalue weighted by molar-refractivity contribution is 9.10. The van der Waals surface area contributed by atoms with Gasteiger partial charge in [0.05, 0.1) is 10.2 Å². The van der Waals surface area contributed by atoms with E-state index in [9.17, 15) is 9.18 Å². The van der Waals surface area contributed by atoms with Gasteiger partial charge >= 0.3 is 5.97 Å². The normalized spacial score (nSPS) is 10.4. The van der Waals surface area contributed by atoms with Gasteiger partial charge in [0.2, 0.25) is 0 Å². The number of anilines is 1. The fourth-order valence-electron chi connectivity index (χ4n) is 0.728. The lowest BCUT2D eigenvalue weighted by Gasteiger charge is -2.00. The van der Waals surface area contributed by atoms with E-state index in [1.807, 2.05) is 0 Å². The second-order valence-electron chi connectivity index (χ2n) is 2.34. The monoisotopic (exact) mass is 260 g/mol. The molecule has 0 amide bonds. The van der Waals surface area contributed by atoms with Crippen molar-refractivity contribution in [3.05, 3.63) is 28.5 Å².